The molecule has 1 aromatic carbocycles. The van der Waals surface area contributed by atoms with Gasteiger partial charge in [-0.3, -0.25) is 4.98 Å². The molecule has 0 aliphatic heterocycles. The summed E-state index contributed by atoms with van der Waals surface area (Å²) in [7, 11) is 0. The maximum atomic E-state index is 13.7. The predicted octanol–water partition coefficient (Wildman–Crippen LogP) is 3.88. The van der Waals surface area contributed by atoms with E-state index in [0.29, 0.717) is 10.6 Å². The normalized spacial score (nSPS) is 12.4. The van der Waals surface area contributed by atoms with Gasteiger partial charge in [0.25, 0.3) is 0 Å². The Bertz CT molecular complexity index is 572. The fourth-order valence-corrected chi connectivity index (χ4v) is 2.25. The van der Waals surface area contributed by atoms with Crippen molar-refractivity contribution in [2.45, 2.75) is 19.9 Å². The van der Waals surface area contributed by atoms with E-state index >= 15 is 0 Å². The Hall–Kier alpha value is -1.45. The van der Waals surface area contributed by atoms with Gasteiger partial charge < -0.3 is 5.32 Å². The zero-order valence-electron chi connectivity index (χ0n) is 11.0. The highest BCUT2D eigenvalue weighted by Gasteiger charge is 2.16. The molecule has 0 amide bonds. The third-order valence-electron chi connectivity index (χ3n) is 3.05. The lowest BCUT2D eigenvalue weighted by Crippen LogP contribution is -2.22. The fourth-order valence-electron chi connectivity index (χ4n) is 2.02. The summed E-state index contributed by atoms with van der Waals surface area (Å²) in [6.45, 7) is 4.52. The number of rotatable bonds is 4. The SMILES string of the molecule is CCNC(c1ccc(C)c(F)c1)c1ccncc1Cl. The summed E-state index contributed by atoms with van der Waals surface area (Å²) < 4.78 is 13.7. The van der Waals surface area contributed by atoms with E-state index < -0.39 is 0 Å². The average Bonchev–Trinajstić information content (AvgIpc) is 2.40. The number of aromatic nitrogens is 1. The summed E-state index contributed by atoms with van der Waals surface area (Å²) in [4.78, 5) is 3.98. The molecule has 2 rings (SSSR count). The minimum absolute atomic E-state index is 0.129. The summed E-state index contributed by atoms with van der Waals surface area (Å²) in [6, 6.07) is 6.98. The molecule has 2 aromatic rings. The molecule has 0 radical (unpaired) electrons. The molecule has 19 heavy (non-hydrogen) atoms. The van der Waals surface area contributed by atoms with Crippen LogP contribution in [0, 0.1) is 12.7 Å². The van der Waals surface area contributed by atoms with Crippen molar-refractivity contribution in [2.75, 3.05) is 6.54 Å². The molecule has 1 aromatic heterocycles. The second kappa shape index (κ2) is 6.13. The van der Waals surface area contributed by atoms with Crippen LogP contribution in [0.3, 0.4) is 0 Å². The Balaban J connectivity index is 2.45. The second-order valence-electron chi connectivity index (χ2n) is 4.40. The van der Waals surface area contributed by atoms with Crippen molar-refractivity contribution in [3.8, 4) is 0 Å². The molecule has 100 valence electrons. The van der Waals surface area contributed by atoms with Gasteiger partial charge in [-0.2, -0.15) is 0 Å². The van der Waals surface area contributed by atoms with E-state index in [4.69, 9.17) is 11.6 Å². The van der Waals surface area contributed by atoms with E-state index in [9.17, 15) is 4.39 Å². The first-order valence-electron chi connectivity index (χ1n) is 6.22. The van der Waals surface area contributed by atoms with Gasteiger partial charge in [0.05, 0.1) is 11.1 Å². The minimum Gasteiger partial charge on any atom is -0.306 e. The number of nitrogens with one attached hydrogen (secondary N) is 1. The highest BCUT2D eigenvalue weighted by atomic mass is 35.5. The number of aryl methyl sites for hydroxylation is 1. The molecule has 0 saturated heterocycles. The van der Waals surface area contributed by atoms with Crippen LogP contribution in [0.15, 0.2) is 36.7 Å². The molecule has 1 N–H and O–H groups in total. The maximum Gasteiger partial charge on any atom is 0.126 e. The molecular formula is C15H16ClFN2. The largest absolute Gasteiger partial charge is 0.306 e. The summed E-state index contributed by atoms with van der Waals surface area (Å²) in [5.74, 6) is -0.203. The Morgan fingerprint density at radius 3 is 2.79 bits per heavy atom. The van der Waals surface area contributed by atoms with Crippen molar-refractivity contribution < 1.29 is 4.39 Å². The molecule has 1 unspecified atom stereocenters. The zero-order valence-corrected chi connectivity index (χ0v) is 11.7. The van der Waals surface area contributed by atoms with E-state index in [-0.39, 0.29) is 11.9 Å². The lowest BCUT2D eigenvalue weighted by Gasteiger charge is -2.20. The van der Waals surface area contributed by atoms with Crippen LogP contribution in [0.25, 0.3) is 0 Å². The van der Waals surface area contributed by atoms with Gasteiger partial charge in [0, 0.05) is 12.4 Å². The fraction of sp³-hybridized carbons (Fsp3) is 0.267. The van der Waals surface area contributed by atoms with E-state index in [1.165, 1.54) is 0 Å². The Labute approximate surface area is 117 Å². The Morgan fingerprint density at radius 1 is 1.37 bits per heavy atom. The van der Waals surface area contributed by atoms with Crippen LogP contribution >= 0.6 is 11.6 Å². The highest BCUT2D eigenvalue weighted by Crippen LogP contribution is 2.28. The van der Waals surface area contributed by atoms with Crippen LogP contribution < -0.4 is 5.32 Å². The molecule has 0 aliphatic carbocycles. The minimum atomic E-state index is -0.203. The first-order valence-corrected chi connectivity index (χ1v) is 6.60. The number of nitrogens with zero attached hydrogens (tertiary/aromatic N) is 1. The maximum absolute atomic E-state index is 13.7. The molecule has 0 saturated carbocycles. The smallest absolute Gasteiger partial charge is 0.126 e. The van der Waals surface area contributed by atoms with Crippen LogP contribution in [0.1, 0.15) is 29.7 Å². The summed E-state index contributed by atoms with van der Waals surface area (Å²) >= 11 is 6.18. The van der Waals surface area contributed by atoms with Crippen LogP contribution in [-0.2, 0) is 0 Å². The van der Waals surface area contributed by atoms with Gasteiger partial charge in [-0.25, -0.2) is 4.39 Å². The summed E-state index contributed by atoms with van der Waals surface area (Å²) in [5.41, 5.74) is 2.40. The average molecular weight is 279 g/mol. The third-order valence-corrected chi connectivity index (χ3v) is 3.37. The molecular weight excluding hydrogens is 263 g/mol. The predicted molar refractivity (Wildman–Crippen MR) is 75.9 cm³/mol. The Kier molecular flexibility index (Phi) is 4.51. The van der Waals surface area contributed by atoms with Gasteiger partial charge in [-0.15, -0.1) is 0 Å². The lowest BCUT2D eigenvalue weighted by atomic mass is 9.98. The molecule has 0 spiro atoms. The number of benzene rings is 1. The number of hydrogen-bond acceptors (Lipinski definition) is 2. The highest BCUT2D eigenvalue weighted by molar-refractivity contribution is 6.31. The Morgan fingerprint density at radius 2 is 2.16 bits per heavy atom. The first kappa shape index (κ1) is 14.0. The monoisotopic (exact) mass is 278 g/mol. The van der Waals surface area contributed by atoms with Crippen molar-refractivity contribution >= 4 is 11.6 Å². The molecule has 0 fully saturated rings. The van der Waals surface area contributed by atoms with Crippen molar-refractivity contribution in [3.05, 3.63) is 64.2 Å². The van der Waals surface area contributed by atoms with Crippen LogP contribution in [0.2, 0.25) is 5.02 Å². The van der Waals surface area contributed by atoms with Crippen LogP contribution in [-0.4, -0.2) is 11.5 Å². The molecule has 1 atom stereocenters. The first-order chi connectivity index (χ1) is 9.13. The van der Waals surface area contributed by atoms with Crippen molar-refractivity contribution in [2.24, 2.45) is 0 Å². The molecule has 0 bridgehead atoms. The number of pyridine rings is 1. The molecule has 0 aliphatic rings. The van der Waals surface area contributed by atoms with Crippen LogP contribution in [0.5, 0.6) is 0 Å². The van der Waals surface area contributed by atoms with Gasteiger partial charge in [0.15, 0.2) is 0 Å². The standard InChI is InChI=1S/C15H16ClFN2/c1-3-19-15(12-6-7-18-9-13(12)16)11-5-4-10(2)14(17)8-11/h4-9,15,19H,3H2,1-2H3. The summed E-state index contributed by atoms with van der Waals surface area (Å²) in [6.07, 6.45) is 3.29. The quantitative estimate of drug-likeness (QED) is 0.918. The van der Waals surface area contributed by atoms with Gasteiger partial charge in [0.2, 0.25) is 0 Å². The number of hydrogen-bond donors (Lipinski definition) is 1. The summed E-state index contributed by atoms with van der Waals surface area (Å²) in [5, 5.41) is 3.90. The van der Waals surface area contributed by atoms with Crippen molar-refractivity contribution in [1.82, 2.24) is 10.3 Å². The molecule has 4 heteroatoms. The number of halogens is 2. The topological polar surface area (TPSA) is 24.9 Å². The molecule has 1 heterocycles. The van der Waals surface area contributed by atoms with Crippen molar-refractivity contribution in [1.29, 1.82) is 0 Å². The van der Waals surface area contributed by atoms with Gasteiger partial charge in [-0.05, 0) is 42.3 Å². The van der Waals surface area contributed by atoms with Gasteiger partial charge >= 0.3 is 0 Å². The van der Waals surface area contributed by atoms with Crippen LogP contribution in [0.4, 0.5) is 4.39 Å². The third kappa shape index (κ3) is 3.11. The molecule has 2 nitrogen and oxygen atoms in total. The van der Waals surface area contributed by atoms with E-state index in [1.807, 2.05) is 19.1 Å². The van der Waals surface area contributed by atoms with Crippen molar-refractivity contribution in [3.63, 3.8) is 0 Å². The second-order valence-corrected chi connectivity index (χ2v) is 4.80. The van der Waals surface area contributed by atoms with E-state index in [0.717, 1.165) is 17.7 Å². The zero-order chi connectivity index (χ0) is 13.8. The van der Waals surface area contributed by atoms with Gasteiger partial charge in [0.1, 0.15) is 5.82 Å². The lowest BCUT2D eigenvalue weighted by molar-refractivity contribution is 0.597. The van der Waals surface area contributed by atoms with E-state index in [1.54, 1.807) is 31.5 Å². The van der Waals surface area contributed by atoms with E-state index in [2.05, 4.69) is 10.3 Å². The van der Waals surface area contributed by atoms with Gasteiger partial charge in [-0.1, -0.05) is 30.7 Å².